The van der Waals surface area contributed by atoms with E-state index in [9.17, 15) is 4.79 Å². The van der Waals surface area contributed by atoms with Gasteiger partial charge in [0.25, 0.3) is 0 Å². The first-order valence-electron chi connectivity index (χ1n) is 8.01. The zero-order valence-electron chi connectivity index (χ0n) is 13.0. The Hall–Kier alpha value is -0.570. The lowest BCUT2D eigenvalue weighted by Gasteiger charge is -2.00. The van der Waals surface area contributed by atoms with Crippen LogP contribution >= 0.6 is 0 Å². The van der Waals surface area contributed by atoms with Crippen LogP contribution in [0.25, 0.3) is 0 Å². The van der Waals surface area contributed by atoms with Gasteiger partial charge in [-0.3, -0.25) is 4.79 Å². The van der Waals surface area contributed by atoms with E-state index in [4.69, 9.17) is 10.2 Å². The SMILES string of the molecule is CCCC(=O)O.CCCCCCCCCCCCO. The van der Waals surface area contributed by atoms with E-state index in [1.165, 1.54) is 57.8 Å². The maximum Gasteiger partial charge on any atom is 0.303 e. The average Bonchev–Trinajstić information content (AvgIpc) is 2.37. The Kier molecular flexibility index (Phi) is 21.6. The lowest BCUT2D eigenvalue weighted by atomic mass is 10.1. The molecule has 0 radical (unpaired) electrons. The Morgan fingerprint density at radius 1 is 0.737 bits per heavy atom. The molecule has 0 heterocycles. The van der Waals surface area contributed by atoms with Crippen LogP contribution in [-0.4, -0.2) is 22.8 Å². The second-order valence-corrected chi connectivity index (χ2v) is 5.05. The Bertz CT molecular complexity index is 159. The minimum Gasteiger partial charge on any atom is -0.481 e. The lowest BCUT2D eigenvalue weighted by molar-refractivity contribution is -0.137. The fourth-order valence-electron chi connectivity index (χ4n) is 1.81. The van der Waals surface area contributed by atoms with Crippen molar-refractivity contribution in [3.8, 4) is 0 Å². The summed E-state index contributed by atoms with van der Waals surface area (Å²) in [6.07, 6.45) is 14.3. The Morgan fingerprint density at radius 2 is 1.16 bits per heavy atom. The minimum absolute atomic E-state index is 0.292. The topological polar surface area (TPSA) is 57.5 Å². The van der Waals surface area contributed by atoms with Crippen LogP contribution in [0.4, 0.5) is 0 Å². The van der Waals surface area contributed by atoms with Crippen LogP contribution in [0.5, 0.6) is 0 Å². The number of rotatable bonds is 12. The molecule has 2 N–H and O–H groups in total. The molecular weight excluding hydrogens is 240 g/mol. The van der Waals surface area contributed by atoms with Gasteiger partial charge in [-0.25, -0.2) is 0 Å². The molecule has 0 aromatic heterocycles. The number of hydrogen-bond acceptors (Lipinski definition) is 2. The zero-order chi connectivity index (χ0) is 14.8. The fourth-order valence-corrected chi connectivity index (χ4v) is 1.81. The van der Waals surface area contributed by atoms with E-state index >= 15 is 0 Å². The first-order valence-corrected chi connectivity index (χ1v) is 8.01. The van der Waals surface area contributed by atoms with Crippen LogP contribution in [0.15, 0.2) is 0 Å². The van der Waals surface area contributed by atoms with Crippen LogP contribution in [0.1, 0.15) is 90.9 Å². The van der Waals surface area contributed by atoms with Gasteiger partial charge in [-0.05, 0) is 12.8 Å². The normalized spacial score (nSPS) is 9.84. The van der Waals surface area contributed by atoms with Crippen molar-refractivity contribution in [2.75, 3.05) is 6.61 Å². The Labute approximate surface area is 119 Å². The molecule has 0 spiro atoms. The molecule has 0 atom stereocenters. The molecule has 19 heavy (non-hydrogen) atoms. The minimum atomic E-state index is -0.711. The summed E-state index contributed by atoms with van der Waals surface area (Å²) in [7, 11) is 0. The molecule has 0 aromatic carbocycles. The van der Waals surface area contributed by atoms with Gasteiger partial charge in [-0.1, -0.05) is 71.6 Å². The summed E-state index contributed by atoms with van der Waals surface area (Å²) in [5.41, 5.74) is 0. The lowest BCUT2D eigenvalue weighted by Crippen LogP contribution is -1.90. The maximum atomic E-state index is 9.60. The first kappa shape index (κ1) is 20.7. The summed E-state index contributed by atoms with van der Waals surface area (Å²) in [5.74, 6) is -0.711. The van der Waals surface area contributed by atoms with Crippen molar-refractivity contribution in [1.29, 1.82) is 0 Å². The maximum absolute atomic E-state index is 9.60. The molecule has 3 heteroatoms. The third-order valence-corrected chi connectivity index (χ3v) is 2.98. The predicted octanol–water partition coefficient (Wildman–Crippen LogP) is 4.77. The van der Waals surface area contributed by atoms with Crippen molar-refractivity contribution in [3.05, 3.63) is 0 Å². The monoisotopic (exact) mass is 274 g/mol. The van der Waals surface area contributed by atoms with Gasteiger partial charge in [0.15, 0.2) is 0 Å². The third kappa shape index (κ3) is 26.9. The van der Waals surface area contributed by atoms with Crippen molar-refractivity contribution in [2.45, 2.75) is 90.9 Å². The molecule has 0 aliphatic rings. The Morgan fingerprint density at radius 3 is 1.42 bits per heavy atom. The van der Waals surface area contributed by atoms with E-state index in [2.05, 4.69) is 6.92 Å². The van der Waals surface area contributed by atoms with Crippen molar-refractivity contribution in [1.82, 2.24) is 0 Å². The van der Waals surface area contributed by atoms with Gasteiger partial charge in [-0.2, -0.15) is 0 Å². The van der Waals surface area contributed by atoms with Crippen molar-refractivity contribution < 1.29 is 15.0 Å². The van der Waals surface area contributed by atoms with Gasteiger partial charge in [0.05, 0.1) is 0 Å². The number of hydrogen-bond donors (Lipinski definition) is 2. The van der Waals surface area contributed by atoms with E-state index < -0.39 is 5.97 Å². The highest BCUT2D eigenvalue weighted by Gasteiger charge is 1.91. The number of carboxylic acid groups (broad SMARTS) is 1. The smallest absolute Gasteiger partial charge is 0.303 e. The summed E-state index contributed by atoms with van der Waals surface area (Å²) in [5, 5.41) is 16.5. The van der Waals surface area contributed by atoms with E-state index in [-0.39, 0.29) is 0 Å². The molecule has 0 rings (SSSR count). The van der Waals surface area contributed by atoms with E-state index in [1.807, 2.05) is 6.92 Å². The summed E-state index contributed by atoms with van der Waals surface area (Å²) in [6, 6.07) is 0. The van der Waals surface area contributed by atoms with Gasteiger partial charge >= 0.3 is 5.97 Å². The molecule has 0 unspecified atom stereocenters. The molecular formula is C16H34O3. The molecule has 0 aromatic rings. The van der Waals surface area contributed by atoms with Gasteiger partial charge < -0.3 is 10.2 Å². The number of aliphatic hydroxyl groups is 1. The average molecular weight is 274 g/mol. The van der Waals surface area contributed by atoms with Gasteiger partial charge in [0, 0.05) is 13.0 Å². The quantitative estimate of drug-likeness (QED) is 0.504. The highest BCUT2D eigenvalue weighted by atomic mass is 16.4. The second kappa shape index (κ2) is 19.8. The number of carbonyl (C=O) groups is 1. The molecule has 0 aliphatic carbocycles. The highest BCUT2D eigenvalue weighted by Crippen LogP contribution is 2.09. The Balaban J connectivity index is 0. The summed E-state index contributed by atoms with van der Waals surface area (Å²) in [6.45, 7) is 4.47. The second-order valence-electron chi connectivity index (χ2n) is 5.05. The van der Waals surface area contributed by atoms with Gasteiger partial charge in [0.1, 0.15) is 0 Å². The predicted molar refractivity (Wildman–Crippen MR) is 81.5 cm³/mol. The molecule has 0 saturated carbocycles. The van der Waals surface area contributed by atoms with Crippen LogP contribution in [0.2, 0.25) is 0 Å². The molecule has 0 fully saturated rings. The largest absolute Gasteiger partial charge is 0.481 e. The highest BCUT2D eigenvalue weighted by molar-refractivity contribution is 5.66. The van der Waals surface area contributed by atoms with E-state index in [0.717, 1.165) is 12.8 Å². The van der Waals surface area contributed by atoms with Crippen LogP contribution in [-0.2, 0) is 4.79 Å². The van der Waals surface area contributed by atoms with E-state index in [1.54, 1.807) is 0 Å². The standard InChI is InChI=1S/C12H26O.C4H8O2/c1-2-3-4-5-6-7-8-9-10-11-12-13;1-2-3-4(5)6/h13H,2-12H2,1H3;2-3H2,1H3,(H,5,6). The number of carboxylic acids is 1. The van der Waals surface area contributed by atoms with Gasteiger partial charge in [0.2, 0.25) is 0 Å². The molecule has 0 amide bonds. The van der Waals surface area contributed by atoms with Crippen LogP contribution < -0.4 is 0 Å². The molecule has 0 bridgehead atoms. The summed E-state index contributed by atoms with van der Waals surface area (Å²) >= 11 is 0. The molecule has 116 valence electrons. The van der Waals surface area contributed by atoms with E-state index in [0.29, 0.717) is 13.0 Å². The molecule has 0 saturated heterocycles. The van der Waals surface area contributed by atoms with Gasteiger partial charge in [-0.15, -0.1) is 0 Å². The zero-order valence-corrected chi connectivity index (χ0v) is 13.0. The number of aliphatic hydroxyl groups excluding tert-OH is 1. The number of aliphatic carboxylic acids is 1. The molecule has 0 aliphatic heterocycles. The first-order chi connectivity index (χ1) is 9.18. The van der Waals surface area contributed by atoms with Crippen LogP contribution in [0.3, 0.4) is 0 Å². The van der Waals surface area contributed by atoms with Crippen molar-refractivity contribution >= 4 is 5.97 Å². The van der Waals surface area contributed by atoms with Crippen LogP contribution in [0, 0.1) is 0 Å². The summed E-state index contributed by atoms with van der Waals surface area (Å²) in [4.78, 5) is 9.60. The summed E-state index contributed by atoms with van der Waals surface area (Å²) < 4.78 is 0. The van der Waals surface area contributed by atoms with Crippen molar-refractivity contribution in [3.63, 3.8) is 0 Å². The van der Waals surface area contributed by atoms with Crippen molar-refractivity contribution in [2.24, 2.45) is 0 Å². The third-order valence-electron chi connectivity index (χ3n) is 2.98. The fraction of sp³-hybridized carbons (Fsp3) is 0.938. The number of unbranched alkanes of at least 4 members (excludes halogenated alkanes) is 9. The molecule has 3 nitrogen and oxygen atoms in total.